The van der Waals surface area contributed by atoms with E-state index < -0.39 is 150 Å². The van der Waals surface area contributed by atoms with E-state index in [0.29, 0.717) is 95.5 Å². The van der Waals surface area contributed by atoms with E-state index in [1.807, 2.05) is 58.9 Å². The molecule has 4 saturated heterocycles. The number of carbonyl (C=O) groups excluding carboxylic acids is 7. The van der Waals surface area contributed by atoms with Crippen molar-refractivity contribution in [3.63, 3.8) is 0 Å². The average molecular weight is 1660 g/mol. The number of nitrogens with one attached hydrogen (secondary N) is 1. The number of hydrogen-bond donors (Lipinski definition) is 6. The Morgan fingerprint density at radius 1 is 0.530 bits per heavy atom. The number of methoxy groups -OCH3 is 6. The molecule has 8 rings (SSSR count). The molecule has 0 spiro atoms. The molecule has 0 aromatic heterocycles. The first-order valence-electron chi connectivity index (χ1n) is 42.9. The molecule has 666 valence electrons. The molecular formula is C89H146N4O24. The van der Waals surface area contributed by atoms with Gasteiger partial charge in [-0.15, -0.1) is 0 Å². The number of hydroxylamine groups is 1. The molecule has 6 N–H and O–H groups in total. The average Bonchev–Trinajstić information content (AvgIpc) is 0.816. The standard InChI is InChI=1S/C44H70N2O11.C43H69NO12.C2H7NO/c1-11-32-21-26(2)20-27(3)22-37(53-8)40-38(54-9)24-30(6)44(51,57-40)41(48)42(49)46-19-13-12-14-34(46)43(50)56-39(28(4)15-17-33(32)45-55-10)29(5)23-31-16-18-35(47)36(25-31)52-7;1-10-30-18-24(2)17-25(3)19-36(53-8)39-37(54-9)21-27(5)43(51,56-39)40(48)41(49)44-16-12-11-13-31(44)42(50)55-38(28(6)33(46)23-34(30)47)26(4)20-29-14-15-32(45)35(22-29)52-7;1-3-4-2/h15,17,21,23,27-28,30-32,34-40,47,51H,11-14,16,18-20,22,24-25H2,1-10H3;18,20,25,27-33,35-39,45-46,51H,10-17,19,21-23H2,1-9H3;3H,1-2H3/b17-15+,26-21+,29-23+,45-33?;24-18+,26-20+;/t27-,28+,30+,31-,32+,34-,35+,36+,37-,38-,39-,40+,44+;25-,27+,28+,29-,30+,31-,32+,33-,35+,36-,37-,38+,39+,43+;/m00./s1. The number of hydrogen-bond acceptors (Lipinski definition) is 26. The van der Waals surface area contributed by atoms with Crippen LogP contribution in [0.25, 0.3) is 0 Å². The van der Waals surface area contributed by atoms with Gasteiger partial charge in [-0.25, -0.2) is 15.1 Å². The van der Waals surface area contributed by atoms with E-state index in [1.54, 1.807) is 63.4 Å². The Bertz CT molecular complexity index is 3400. The summed E-state index contributed by atoms with van der Waals surface area (Å²) in [5, 5.41) is 61.0. The molecule has 0 unspecified atom stereocenters. The van der Waals surface area contributed by atoms with E-state index in [4.69, 9.17) is 52.2 Å². The fourth-order valence-corrected chi connectivity index (χ4v) is 18.7. The lowest BCUT2D eigenvalue weighted by Crippen LogP contribution is -2.64. The van der Waals surface area contributed by atoms with E-state index in [1.165, 1.54) is 31.1 Å². The Labute approximate surface area is 696 Å². The van der Waals surface area contributed by atoms with Gasteiger partial charge in [0.2, 0.25) is 11.6 Å². The molecule has 2 aliphatic carbocycles. The molecule has 28 heteroatoms. The zero-order chi connectivity index (χ0) is 86.9. The highest BCUT2D eigenvalue weighted by Crippen LogP contribution is 2.43. The van der Waals surface area contributed by atoms with Crippen LogP contribution in [0, 0.1) is 59.2 Å². The quantitative estimate of drug-likeness (QED) is 0.0407. The van der Waals surface area contributed by atoms with Crippen molar-refractivity contribution in [3.05, 3.63) is 58.7 Å². The predicted octanol–water partition coefficient (Wildman–Crippen LogP) is 9.95. The summed E-state index contributed by atoms with van der Waals surface area (Å²) in [6, 6.07) is -2.17. The summed E-state index contributed by atoms with van der Waals surface area (Å²) in [7, 11) is 14.2. The number of rotatable bonds is 14. The maximum atomic E-state index is 14.4. The Balaban J connectivity index is 0.000000347. The van der Waals surface area contributed by atoms with Crippen LogP contribution in [0.1, 0.15) is 218 Å². The maximum absolute atomic E-state index is 14.4. The van der Waals surface area contributed by atoms with E-state index in [9.17, 15) is 59.1 Å². The van der Waals surface area contributed by atoms with Crippen molar-refractivity contribution >= 4 is 46.8 Å². The van der Waals surface area contributed by atoms with Gasteiger partial charge in [-0.1, -0.05) is 102 Å². The van der Waals surface area contributed by atoms with Gasteiger partial charge in [0.1, 0.15) is 49.4 Å². The molecule has 6 aliphatic heterocycles. The van der Waals surface area contributed by atoms with Crippen LogP contribution >= 0.6 is 0 Å². The Morgan fingerprint density at radius 3 is 1.32 bits per heavy atom. The van der Waals surface area contributed by atoms with Crippen molar-refractivity contribution in [1.29, 1.82) is 0 Å². The summed E-state index contributed by atoms with van der Waals surface area (Å²) in [6.45, 7) is 23.3. The van der Waals surface area contributed by atoms with Gasteiger partial charge < -0.3 is 92.4 Å². The Hall–Kier alpha value is -5.54. The fraction of sp³-hybridized carbons (Fsp3) is 0.798. The first kappa shape index (κ1) is 100. The molecular weight excluding hydrogens is 1510 g/mol. The third kappa shape index (κ3) is 26.5. The second kappa shape index (κ2) is 47.8. The Morgan fingerprint density at radius 2 is 0.923 bits per heavy atom. The summed E-state index contributed by atoms with van der Waals surface area (Å²) >= 11 is 0. The van der Waals surface area contributed by atoms with Crippen molar-refractivity contribution in [2.45, 2.75) is 321 Å². The van der Waals surface area contributed by atoms with Crippen LogP contribution in [0.15, 0.2) is 63.9 Å². The summed E-state index contributed by atoms with van der Waals surface area (Å²) in [6.07, 6.45) is 14.3. The summed E-state index contributed by atoms with van der Waals surface area (Å²) in [4.78, 5) is 111. The highest BCUT2D eigenvalue weighted by Gasteiger charge is 2.59. The summed E-state index contributed by atoms with van der Waals surface area (Å²) < 4.78 is 59.8. The van der Waals surface area contributed by atoms with E-state index >= 15 is 0 Å². The third-order valence-corrected chi connectivity index (χ3v) is 25.7. The minimum Gasteiger partial charge on any atom is -0.456 e. The lowest BCUT2D eigenvalue weighted by molar-refractivity contribution is -0.302. The zero-order valence-electron chi connectivity index (χ0n) is 74.0. The number of ether oxygens (including phenoxy) is 10. The van der Waals surface area contributed by atoms with Crippen LogP contribution in [-0.2, 0) is 90.6 Å². The van der Waals surface area contributed by atoms with Gasteiger partial charge in [-0.2, -0.15) is 0 Å². The van der Waals surface area contributed by atoms with Crippen LogP contribution in [0.2, 0.25) is 0 Å². The van der Waals surface area contributed by atoms with Crippen LogP contribution in [0.4, 0.5) is 0 Å². The number of allylic oxidation sites excluding steroid dienone is 7. The second-order valence-electron chi connectivity index (χ2n) is 34.5. The van der Waals surface area contributed by atoms with Gasteiger partial charge in [0.05, 0.1) is 67.8 Å². The minimum absolute atomic E-state index is 0.000914. The third-order valence-electron chi connectivity index (χ3n) is 25.7. The minimum atomic E-state index is -2.50. The lowest BCUT2D eigenvalue weighted by atomic mass is 9.81. The molecule has 8 aliphatic rings. The number of amides is 2. The predicted molar refractivity (Wildman–Crippen MR) is 440 cm³/mol. The number of oxime groups is 1. The second-order valence-corrected chi connectivity index (χ2v) is 34.5. The SMILES string of the molecule is CC[C@@H]1/C=C(\C)C[C@H](C)C[C@H](OC)[C@H]2O[C@@](O)(C(=O)C(=O)N3CCCC[C@H]3C(=O)O[C@H](/C(C)=C/[C@@H]3CC[C@@H](O)[C@H](OC)C3)[C@H](C)/C=C/C1=NOC)[C@H](C)C[C@@H]2OC.CC[C@@H]1/C=C(\C)C[C@H](C)C[C@H](OC)[C@H]2O[C@@](O)(C(=O)C(=O)N3CCCC[C@H]3C(=O)O[C@H](/C(C)=C/[C@@H]3CC[C@@H](O)[C@H](OC)C3)[C@H](C)[C@@H](O)CC1=O)[C@H](C)C[C@@H]2OC.CNOC. The maximum Gasteiger partial charge on any atom is 0.329 e. The molecule has 2 amide bonds. The van der Waals surface area contributed by atoms with Crippen LogP contribution in [-0.4, -0.2) is 262 Å². The first-order chi connectivity index (χ1) is 55.5. The van der Waals surface area contributed by atoms with Crippen molar-refractivity contribution < 1.29 is 116 Å². The molecule has 28 nitrogen and oxygen atoms in total. The number of cyclic esters (lactones) is 2. The number of carbonyl (C=O) groups is 7. The van der Waals surface area contributed by atoms with Crippen LogP contribution in [0.3, 0.4) is 0 Å². The van der Waals surface area contributed by atoms with Crippen molar-refractivity contribution in [2.75, 3.05) is 77.0 Å². The topological polar surface area (TPSA) is 362 Å². The summed E-state index contributed by atoms with van der Waals surface area (Å²) in [5.74, 6) is -13.7. The number of Topliss-reactive ketones (excluding diaryl/α,β-unsaturated/α-hetero) is 3. The number of aliphatic hydroxyl groups excluding tert-OH is 3. The number of piperidine rings is 2. The number of ketones is 3. The van der Waals surface area contributed by atoms with Crippen molar-refractivity contribution in [3.8, 4) is 0 Å². The van der Waals surface area contributed by atoms with Crippen molar-refractivity contribution in [1.82, 2.24) is 15.3 Å². The molecule has 117 heavy (non-hydrogen) atoms. The molecule has 6 heterocycles. The van der Waals surface area contributed by atoms with Crippen LogP contribution in [0.5, 0.6) is 0 Å². The molecule has 6 fully saturated rings. The summed E-state index contributed by atoms with van der Waals surface area (Å²) in [5.41, 5.74) is 6.79. The first-order valence-corrected chi connectivity index (χ1v) is 42.9. The van der Waals surface area contributed by atoms with E-state index in [0.717, 1.165) is 41.7 Å². The van der Waals surface area contributed by atoms with Gasteiger partial charge in [0.15, 0.2) is 0 Å². The van der Waals surface area contributed by atoms with Crippen LogP contribution < -0.4 is 5.48 Å². The lowest BCUT2D eigenvalue weighted by Gasteiger charge is -2.47. The van der Waals surface area contributed by atoms with Gasteiger partial charge in [0, 0.05) is 105 Å². The molecule has 2 saturated carbocycles. The molecule has 4 bridgehead atoms. The van der Waals surface area contributed by atoms with Gasteiger partial charge in [0.25, 0.3) is 23.4 Å². The Kier molecular flexibility index (Phi) is 40.9. The van der Waals surface area contributed by atoms with Gasteiger partial charge >= 0.3 is 11.9 Å². The fourth-order valence-electron chi connectivity index (χ4n) is 18.7. The monoisotopic (exact) mass is 1660 g/mol. The van der Waals surface area contributed by atoms with Gasteiger partial charge in [-0.3, -0.25) is 24.0 Å². The highest BCUT2D eigenvalue weighted by atomic mass is 16.7. The number of fused-ring (bicyclic) bond motifs is 6. The van der Waals surface area contributed by atoms with Gasteiger partial charge in [-0.05, 0) is 197 Å². The number of esters is 2. The number of nitrogens with zero attached hydrogens (tertiary/aromatic N) is 3. The normalized spacial score (nSPS) is 40.0. The molecule has 0 radical (unpaired) electrons. The number of aliphatic hydroxyl groups is 5. The molecule has 0 aromatic rings. The molecule has 27 atom stereocenters. The molecule has 0 aromatic carbocycles. The smallest absolute Gasteiger partial charge is 0.329 e. The van der Waals surface area contributed by atoms with E-state index in [-0.39, 0.29) is 92.3 Å². The highest BCUT2D eigenvalue weighted by molar-refractivity contribution is 6.39. The largest absolute Gasteiger partial charge is 0.456 e. The van der Waals surface area contributed by atoms with Crippen molar-refractivity contribution in [2.24, 2.45) is 64.3 Å². The zero-order valence-corrected chi connectivity index (χ0v) is 74.0. The van der Waals surface area contributed by atoms with E-state index in [2.05, 4.69) is 55.3 Å².